The summed E-state index contributed by atoms with van der Waals surface area (Å²) in [4.78, 5) is 20.6. The van der Waals surface area contributed by atoms with Crippen molar-refractivity contribution in [2.45, 2.75) is 6.04 Å². The molecular weight excluding hydrogens is 402 g/mol. The van der Waals surface area contributed by atoms with Gasteiger partial charge in [0.1, 0.15) is 5.71 Å². The van der Waals surface area contributed by atoms with Crippen molar-refractivity contribution in [1.29, 1.82) is 0 Å². The summed E-state index contributed by atoms with van der Waals surface area (Å²) >= 11 is 3.47. The topological polar surface area (TPSA) is 57.2 Å². The molecule has 1 aromatic heterocycles. The fourth-order valence-corrected chi connectivity index (χ4v) is 4.00. The number of hydrogen-bond acceptors (Lipinski definition) is 2. The van der Waals surface area contributed by atoms with Crippen molar-refractivity contribution >= 4 is 49.2 Å². The molecule has 5 heteroatoms. The first-order chi connectivity index (χ1) is 13.2. The largest absolute Gasteiger partial charge is 0.360 e. The van der Waals surface area contributed by atoms with E-state index >= 15 is 0 Å². The van der Waals surface area contributed by atoms with E-state index in [4.69, 9.17) is 0 Å². The van der Waals surface area contributed by atoms with E-state index in [1.807, 2.05) is 36.5 Å². The highest BCUT2D eigenvalue weighted by Crippen LogP contribution is 2.26. The molecule has 2 heterocycles. The fraction of sp³-hybridized carbons (Fsp3) is 0.0909. The number of aromatic nitrogens is 1. The maximum Gasteiger partial charge on any atom is 0.270 e. The number of aliphatic imine (C=N–C) groups is 1. The molecule has 0 unspecified atom stereocenters. The molecular formula is C22H16BrN3O. The monoisotopic (exact) mass is 417 g/mol. The Morgan fingerprint density at radius 2 is 1.85 bits per heavy atom. The van der Waals surface area contributed by atoms with Gasteiger partial charge >= 0.3 is 0 Å². The number of aromatic amines is 1. The van der Waals surface area contributed by atoms with Crippen LogP contribution >= 0.6 is 15.9 Å². The molecule has 132 valence electrons. The van der Waals surface area contributed by atoms with Crippen molar-refractivity contribution in [3.63, 3.8) is 0 Å². The van der Waals surface area contributed by atoms with Gasteiger partial charge in [-0.2, -0.15) is 0 Å². The number of nitrogens with one attached hydrogen (secondary N) is 2. The summed E-state index contributed by atoms with van der Waals surface area (Å²) in [7, 11) is 0. The van der Waals surface area contributed by atoms with Crippen LogP contribution in [0.4, 0.5) is 0 Å². The summed E-state index contributed by atoms with van der Waals surface area (Å²) in [6, 6.07) is 20.4. The molecule has 5 rings (SSSR count). The van der Waals surface area contributed by atoms with Crippen LogP contribution in [-0.4, -0.2) is 23.1 Å². The SMILES string of the molecule is O=C1N[C@H](c2ccc3ccccc3c2)CN=C1c1c[nH]c2cc(Br)ccc12. The Kier molecular flexibility index (Phi) is 3.83. The Hall–Kier alpha value is -2.92. The molecule has 0 saturated carbocycles. The van der Waals surface area contributed by atoms with Crippen molar-refractivity contribution < 1.29 is 4.79 Å². The quantitative estimate of drug-likeness (QED) is 0.485. The second-order valence-corrected chi connectivity index (χ2v) is 7.63. The minimum Gasteiger partial charge on any atom is -0.360 e. The van der Waals surface area contributed by atoms with Gasteiger partial charge in [0, 0.05) is 27.1 Å². The van der Waals surface area contributed by atoms with Gasteiger partial charge < -0.3 is 10.3 Å². The molecule has 3 aromatic carbocycles. The molecule has 1 amide bonds. The van der Waals surface area contributed by atoms with Gasteiger partial charge in [0.25, 0.3) is 5.91 Å². The Morgan fingerprint density at radius 3 is 2.70 bits per heavy atom. The highest BCUT2D eigenvalue weighted by Gasteiger charge is 2.26. The average molecular weight is 418 g/mol. The highest BCUT2D eigenvalue weighted by molar-refractivity contribution is 9.10. The maximum absolute atomic E-state index is 12.8. The third kappa shape index (κ3) is 2.84. The number of rotatable bonds is 2. The van der Waals surface area contributed by atoms with Crippen molar-refractivity contribution in [1.82, 2.24) is 10.3 Å². The van der Waals surface area contributed by atoms with Crippen LogP contribution in [-0.2, 0) is 4.79 Å². The second kappa shape index (κ2) is 6.35. The summed E-state index contributed by atoms with van der Waals surface area (Å²) in [5.74, 6) is -0.136. The van der Waals surface area contributed by atoms with Gasteiger partial charge in [-0.15, -0.1) is 0 Å². The van der Waals surface area contributed by atoms with Gasteiger partial charge in [0.15, 0.2) is 0 Å². The lowest BCUT2D eigenvalue weighted by molar-refractivity contribution is -0.115. The average Bonchev–Trinajstić information content (AvgIpc) is 3.10. The van der Waals surface area contributed by atoms with Crippen LogP contribution in [0.1, 0.15) is 17.2 Å². The van der Waals surface area contributed by atoms with E-state index in [9.17, 15) is 4.79 Å². The molecule has 4 nitrogen and oxygen atoms in total. The molecule has 0 aliphatic carbocycles. The zero-order valence-corrected chi connectivity index (χ0v) is 16.0. The summed E-state index contributed by atoms with van der Waals surface area (Å²) in [5, 5.41) is 6.48. The third-order valence-corrected chi connectivity index (χ3v) is 5.52. The number of carbonyl (C=O) groups is 1. The number of fused-ring (bicyclic) bond motifs is 2. The molecule has 27 heavy (non-hydrogen) atoms. The van der Waals surface area contributed by atoms with E-state index in [2.05, 4.69) is 61.6 Å². The Bertz CT molecular complexity index is 1220. The van der Waals surface area contributed by atoms with Crippen LogP contribution < -0.4 is 5.32 Å². The first-order valence-electron chi connectivity index (χ1n) is 8.80. The molecule has 2 N–H and O–H groups in total. The first kappa shape index (κ1) is 16.3. The lowest BCUT2D eigenvalue weighted by Gasteiger charge is -2.23. The van der Waals surface area contributed by atoms with Crippen molar-refractivity contribution in [3.8, 4) is 0 Å². The molecule has 4 aromatic rings. The molecule has 0 saturated heterocycles. The Balaban J connectivity index is 1.49. The maximum atomic E-state index is 12.8. The highest BCUT2D eigenvalue weighted by atomic mass is 79.9. The predicted octanol–water partition coefficient (Wildman–Crippen LogP) is 4.74. The summed E-state index contributed by atoms with van der Waals surface area (Å²) in [6.45, 7) is 0.530. The van der Waals surface area contributed by atoms with Crippen LogP contribution in [0.5, 0.6) is 0 Å². The number of benzene rings is 3. The van der Waals surface area contributed by atoms with Crippen LogP contribution in [0.2, 0.25) is 0 Å². The van der Waals surface area contributed by atoms with Gasteiger partial charge in [-0.05, 0) is 34.5 Å². The van der Waals surface area contributed by atoms with E-state index in [0.29, 0.717) is 12.3 Å². The van der Waals surface area contributed by atoms with Crippen molar-refractivity contribution in [3.05, 3.63) is 82.5 Å². The van der Waals surface area contributed by atoms with Gasteiger partial charge in [-0.25, -0.2) is 0 Å². The second-order valence-electron chi connectivity index (χ2n) is 6.71. The Morgan fingerprint density at radius 1 is 1.00 bits per heavy atom. The first-order valence-corrected chi connectivity index (χ1v) is 9.59. The van der Waals surface area contributed by atoms with Crippen LogP contribution in [0, 0.1) is 0 Å². The van der Waals surface area contributed by atoms with E-state index in [1.165, 1.54) is 10.8 Å². The van der Waals surface area contributed by atoms with Gasteiger partial charge in [0.05, 0.1) is 12.6 Å². The van der Waals surface area contributed by atoms with Gasteiger partial charge in [0.2, 0.25) is 0 Å². The molecule has 0 bridgehead atoms. The smallest absolute Gasteiger partial charge is 0.270 e. The van der Waals surface area contributed by atoms with Crippen molar-refractivity contribution in [2.75, 3.05) is 6.54 Å². The molecule has 0 fully saturated rings. The zero-order valence-electron chi connectivity index (χ0n) is 14.4. The zero-order chi connectivity index (χ0) is 18.4. The number of H-pyrrole nitrogens is 1. The van der Waals surface area contributed by atoms with Crippen molar-refractivity contribution in [2.24, 2.45) is 4.99 Å². The number of amides is 1. The van der Waals surface area contributed by atoms with Gasteiger partial charge in [-0.3, -0.25) is 9.79 Å². The normalized spacial score (nSPS) is 17.1. The standard InChI is InChI=1S/C22H16BrN3O/c23-16-7-8-17-18(11-24-19(17)10-16)21-22(27)26-20(12-25-21)15-6-5-13-3-1-2-4-14(13)9-15/h1-11,20,24H,12H2,(H,26,27)/t20-/m0/s1. The molecule has 0 radical (unpaired) electrons. The van der Waals surface area contributed by atoms with Crippen LogP contribution in [0.25, 0.3) is 21.7 Å². The summed E-state index contributed by atoms with van der Waals surface area (Å²) < 4.78 is 0.995. The van der Waals surface area contributed by atoms with Gasteiger partial charge in [-0.1, -0.05) is 58.4 Å². The minimum absolute atomic E-state index is 0.106. The van der Waals surface area contributed by atoms with Crippen LogP contribution in [0.3, 0.4) is 0 Å². The lowest BCUT2D eigenvalue weighted by atomic mass is 9.99. The lowest BCUT2D eigenvalue weighted by Crippen LogP contribution is -2.40. The molecule has 1 atom stereocenters. The van der Waals surface area contributed by atoms with E-state index < -0.39 is 0 Å². The van der Waals surface area contributed by atoms with E-state index in [1.54, 1.807) is 0 Å². The minimum atomic E-state index is -0.136. The molecule has 0 spiro atoms. The molecule has 1 aliphatic rings. The summed E-state index contributed by atoms with van der Waals surface area (Å²) in [5.41, 5.74) is 3.38. The van der Waals surface area contributed by atoms with E-state index in [-0.39, 0.29) is 11.9 Å². The fourth-order valence-electron chi connectivity index (χ4n) is 3.64. The number of nitrogens with zero attached hydrogens (tertiary/aromatic N) is 1. The molecule has 1 aliphatic heterocycles. The number of halogens is 1. The predicted molar refractivity (Wildman–Crippen MR) is 112 cm³/mol. The van der Waals surface area contributed by atoms with Crippen LogP contribution in [0.15, 0.2) is 76.3 Å². The third-order valence-electron chi connectivity index (χ3n) is 5.03. The number of carbonyl (C=O) groups excluding carboxylic acids is 1. The summed E-state index contributed by atoms with van der Waals surface area (Å²) in [6.07, 6.45) is 1.85. The Labute approximate surface area is 164 Å². The number of hydrogen-bond donors (Lipinski definition) is 2. The van der Waals surface area contributed by atoms with E-state index in [0.717, 1.165) is 26.5 Å².